The van der Waals surface area contributed by atoms with Gasteiger partial charge in [-0.15, -0.1) is 11.3 Å². The van der Waals surface area contributed by atoms with Gasteiger partial charge in [-0.2, -0.15) is 10.5 Å². The number of para-hydroxylation sites is 1. The zero-order valence-electron chi connectivity index (χ0n) is 20.5. The molecule has 2 heterocycles. The molecule has 0 saturated carbocycles. The Bertz CT molecular complexity index is 1460. The van der Waals surface area contributed by atoms with Crippen LogP contribution in [-0.4, -0.2) is 35.5 Å². The summed E-state index contributed by atoms with van der Waals surface area (Å²) in [6, 6.07) is 11.4. The number of nitriles is 2. The van der Waals surface area contributed by atoms with Crippen molar-refractivity contribution in [2.75, 3.05) is 13.2 Å². The topological polar surface area (TPSA) is 122 Å². The first-order chi connectivity index (χ1) is 17.3. The summed E-state index contributed by atoms with van der Waals surface area (Å²) in [6.45, 7) is 7.33. The lowest BCUT2D eigenvalue weighted by molar-refractivity contribution is -0.143. The minimum Gasteiger partial charge on any atom is -0.465 e. The number of esters is 2. The number of ether oxygens (including phenoxy) is 2. The minimum absolute atomic E-state index is 0.000494. The van der Waals surface area contributed by atoms with Crippen molar-refractivity contribution in [3.63, 3.8) is 0 Å². The van der Waals surface area contributed by atoms with Gasteiger partial charge in [-0.3, -0.25) is 9.59 Å². The Labute approximate surface area is 213 Å². The lowest BCUT2D eigenvalue weighted by atomic mass is 10.0. The van der Waals surface area contributed by atoms with Gasteiger partial charge in [0.25, 0.3) is 0 Å². The Morgan fingerprint density at radius 1 is 1.08 bits per heavy atom. The van der Waals surface area contributed by atoms with Crippen LogP contribution in [0.15, 0.2) is 29.8 Å². The molecule has 0 aliphatic carbocycles. The highest BCUT2D eigenvalue weighted by Gasteiger charge is 2.24. The average molecular weight is 504 g/mol. The Kier molecular flexibility index (Phi) is 8.42. The highest BCUT2D eigenvalue weighted by molar-refractivity contribution is 7.14. The first kappa shape index (κ1) is 26.4. The second-order valence-corrected chi connectivity index (χ2v) is 8.97. The Balaban J connectivity index is 2.01. The highest BCUT2D eigenvalue weighted by Crippen LogP contribution is 2.31. The van der Waals surface area contributed by atoms with Gasteiger partial charge < -0.3 is 14.0 Å². The summed E-state index contributed by atoms with van der Waals surface area (Å²) in [5, 5.41) is 20.2. The molecule has 0 aliphatic rings. The molecule has 0 aliphatic heterocycles. The fraction of sp³-hybridized carbons (Fsp3) is 0.296. The van der Waals surface area contributed by atoms with Gasteiger partial charge in [0, 0.05) is 33.5 Å². The molecule has 3 rings (SSSR count). The van der Waals surface area contributed by atoms with Crippen molar-refractivity contribution in [3.8, 4) is 12.1 Å². The molecular weight excluding hydrogens is 478 g/mol. The minimum atomic E-state index is -0.545. The molecule has 184 valence electrons. The Morgan fingerprint density at radius 3 is 2.42 bits per heavy atom. The van der Waals surface area contributed by atoms with Crippen LogP contribution in [0.5, 0.6) is 0 Å². The van der Waals surface area contributed by atoms with Crippen LogP contribution in [0.3, 0.4) is 0 Å². The molecule has 0 N–H and O–H groups in total. The maximum absolute atomic E-state index is 13.2. The van der Waals surface area contributed by atoms with Gasteiger partial charge in [0.2, 0.25) is 0 Å². The predicted octanol–water partition coefficient (Wildman–Crippen LogP) is 4.65. The van der Waals surface area contributed by atoms with Gasteiger partial charge in [0.05, 0.1) is 24.4 Å². The van der Waals surface area contributed by atoms with Crippen LogP contribution < -0.4 is 0 Å². The molecule has 0 radical (unpaired) electrons. The second kappa shape index (κ2) is 11.5. The van der Waals surface area contributed by atoms with Crippen LogP contribution in [0.2, 0.25) is 0 Å². The summed E-state index contributed by atoms with van der Waals surface area (Å²) in [4.78, 5) is 38.2. The fourth-order valence-electron chi connectivity index (χ4n) is 3.98. The van der Waals surface area contributed by atoms with E-state index >= 15 is 0 Å². The molecule has 9 heteroatoms. The zero-order valence-corrected chi connectivity index (χ0v) is 21.3. The number of ketones is 1. The van der Waals surface area contributed by atoms with Crippen molar-refractivity contribution in [3.05, 3.63) is 62.0 Å². The van der Waals surface area contributed by atoms with E-state index in [1.54, 1.807) is 25.3 Å². The number of aromatic nitrogens is 1. The third-order valence-corrected chi connectivity index (χ3v) is 6.97. The maximum atomic E-state index is 13.2. The molecule has 8 nitrogen and oxygen atoms in total. The van der Waals surface area contributed by atoms with Gasteiger partial charge in [0.1, 0.15) is 23.6 Å². The van der Waals surface area contributed by atoms with Crippen molar-refractivity contribution in [2.45, 2.75) is 40.7 Å². The van der Waals surface area contributed by atoms with E-state index in [0.29, 0.717) is 21.7 Å². The molecule has 0 bridgehead atoms. The normalized spacial score (nSPS) is 11.1. The average Bonchev–Trinajstić information content (AvgIpc) is 3.30. The fourth-order valence-corrected chi connectivity index (χ4v) is 5.12. The number of Topliss-reactive ketones (excluding diaryl/α,β-unsaturated/α-hetero) is 1. The van der Waals surface area contributed by atoms with Crippen LogP contribution in [0.25, 0.3) is 17.0 Å². The first-order valence-electron chi connectivity index (χ1n) is 11.3. The number of rotatable bonds is 9. The Hall–Kier alpha value is -4.21. The van der Waals surface area contributed by atoms with Gasteiger partial charge in [-0.25, -0.2) is 4.79 Å². The van der Waals surface area contributed by atoms with E-state index in [1.165, 1.54) is 6.08 Å². The summed E-state index contributed by atoms with van der Waals surface area (Å²) in [7, 11) is 0. The number of thiophene rings is 1. The summed E-state index contributed by atoms with van der Waals surface area (Å²) >= 11 is 1.03. The maximum Gasteiger partial charge on any atom is 0.348 e. The van der Waals surface area contributed by atoms with Crippen molar-refractivity contribution in [2.24, 2.45) is 0 Å². The largest absolute Gasteiger partial charge is 0.465 e. The zero-order chi connectivity index (χ0) is 26.4. The molecule has 2 aromatic heterocycles. The van der Waals surface area contributed by atoms with Crippen LogP contribution >= 0.6 is 11.3 Å². The van der Waals surface area contributed by atoms with E-state index in [0.717, 1.165) is 22.2 Å². The predicted molar refractivity (Wildman–Crippen MR) is 135 cm³/mol. The molecule has 0 amide bonds. The third kappa shape index (κ3) is 5.22. The molecule has 0 unspecified atom stereocenters. The van der Waals surface area contributed by atoms with Gasteiger partial charge in [0.15, 0.2) is 5.78 Å². The van der Waals surface area contributed by atoms with Crippen molar-refractivity contribution in [1.82, 2.24) is 4.57 Å². The number of allylic oxidation sites excluding steroid dienone is 1. The number of hydrogen-bond acceptors (Lipinski definition) is 8. The van der Waals surface area contributed by atoms with E-state index in [2.05, 4.69) is 6.07 Å². The highest BCUT2D eigenvalue weighted by atomic mass is 32.1. The van der Waals surface area contributed by atoms with Crippen molar-refractivity contribution < 1.29 is 23.9 Å². The van der Waals surface area contributed by atoms with Crippen LogP contribution in [-0.2, 0) is 32.0 Å². The molecule has 36 heavy (non-hydrogen) atoms. The van der Waals surface area contributed by atoms with E-state index in [4.69, 9.17) is 9.47 Å². The van der Waals surface area contributed by atoms with Crippen molar-refractivity contribution in [1.29, 1.82) is 10.5 Å². The van der Waals surface area contributed by atoms with E-state index in [-0.39, 0.29) is 48.2 Å². The smallest absolute Gasteiger partial charge is 0.348 e. The number of nitrogens with zero attached hydrogens (tertiary/aromatic N) is 3. The number of hydrogen-bond donors (Lipinski definition) is 0. The summed E-state index contributed by atoms with van der Waals surface area (Å²) < 4.78 is 11.9. The Morgan fingerprint density at radius 2 is 1.78 bits per heavy atom. The molecule has 0 fully saturated rings. The van der Waals surface area contributed by atoms with Crippen LogP contribution in [0.4, 0.5) is 0 Å². The van der Waals surface area contributed by atoms with Gasteiger partial charge >= 0.3 is 11.9 Å². The van der Waals surface area contributed by atoms with E-state index < -0.39 is 11.8 Å². The van der Waals surface area contributed by atoms with Crippen LogP contribution in [0, 0.1) is 36.5 Å². The number of benzene rings is 1. The summed E-state index contributed by atoms with van der Waals surface area (Å²) in [5.74, 6) is -1.41. The second-order valence-electron chi connectivity index (χ2n) is 7.86. The van der Waals surface area contributed by atoms with Gasteiger partial charge in [-0.05, 0) is 45.4 Å². The molecule has 0 atom stereocenters. The lowest BCUT2D eigenvalue weighted by Gasteiger charge is -2.07. The van der Waals surface area contributed by atoms with Gasteiger partial charge in [-0.1, -0.05) is 18.2 Å². The van der Waals surface area contributed by atoms with Crippen LogP contribution in [0.1, 0.15) is 50.8 Å². The quantitative estimate of drug-likeness (QED) is 0.237. The molecular formula is C27H25N3O5S. The summed E-state index contributed by atoms with van der Waals surface area (Å²) in [6.07, 6.45) is 1.31. The number of carbonyl (C=O) groups is 3. The molecule has 0 spiro atoms. The number of fused-ring (bicyclic) bond motifs is 1. The molecule has 0 saturated heterocycles. The molecule has 1 aromatic carbocycles. The third-order valence-electron chi connectivity index (χ3n) is 5.70. The SMILES string of the molecule is CCOC(=O)Cn1c(C)c(/C=C(\C#N)C(=O)Cc2sc(C(=O)OCC)c(C)c2C#N)c2ccccc21. The molecule has 3 aromatic rings. The first-order valence-corrected chi connectivity index (χ1v) is 12.2. The van der Waals surface area contributed by atoms with E-state index in [1.807, 2.05) is 37.3 Å². The number of carbonyl (C=O) groups excluding carboxylic acids is 3. The van der Waals surface area contributed by atoms with E-state index in [9.17, 15) is 24.9 Å². The lowest BCUT2D eigenvalue weighted by Crippen LogP contribution is -2.14. The van der Waals surface area contributed by atoms with Crippen molar-refractivity contribution >= 4 is 46.0 Å². The standard InChI is InChI=1S/C27H25N3O5S/c1-5-34-25(32)15-30-17(4)20(19-9-7-8-10-22(19)30)11-18(13-28)23(31)12-24-21(14-29)16(3)26(36-24)27(33)35-6-2/h7-11H,5-6,12,15H2,1-4H3/b18-11+. The monoisotopic (exact) mass is 503 g/mol. The summed E-state index contributed by atoms with van der Waals surface area (Å²) in [5.41, 5.74) is 2.75.